The van der Waals surface area contributed by atoms with Gasteiger partial charge in [0, 0.05) is 11.5 Å². The van der Waals surface area contributed by atoms with Gasteiger partial charge in [0.1, 0.15) is 33.9 Å². The van der Waals surface area contributed by atoms with Crippen molar-refractivity contribution in [3.8, 4) is 5.75 Å². The number of aromatic hydroxyl groups is 1. The number of carboxylic acid groups (broad SMARTS) is 1. The highest BCUT2D eigenvalue weighted by atomic mass is 32.2. The number of carbonyl (C=O) groups excluding carboxylic acids is 3. The molecule has 41 heavy (non-hydrogen) atoms. The summed E-state index contributed by atoms with van der Waals surface area (Å²) in [4.78, 5) is 52.4. The number of fused-ring (bicyclic) bond motifs is 1. The van der Waals surface area contributed by atoms with Crippen LogP contribution in [0.25, 0.3) is 0 Å². The molecule has 214 valence electrons. The van der Waals surface area contributed by atoms with Crippen molar-refractivity contribution in [2.75, 3.05) is 11.5 Å². The number of nitrogens with one attached hydrogen (secondary N) is 2. The molecule has 7 N–H and O–H groups in total. The molecule has 0 aliphatic carbocycles. The zero-order valence-electron chi connectivity index (χ0n) is 21.0. The third kappa shape index (κ3) is 6.86. The van der Waals surface area contributed by atoms with Crippen molar-refractivity contribution in [1.82, 2.24) is 25.6 Å². The van der Waals surface area contributed by atoms with Crippen LogP contribution >= 0.6 is 23.5 Å². The normalized spacial score (nSPS) is 18.3. The largest absolute Gasteiger partial charge is 0.508 e. The van der Waals surface area contributed by atoms with Gasteiger partial charge in [-0.05, 0) is 35.4 Å². The molecule has 0 saturated carbocycles. The number of hydrogen-bond donors (Lipinski definition) is 6. The number of phenolic OH excluding ortho intramolecular Hbond substituents is 1. The van der Waals surface area contributed by atoms with Gasteiger partial charge < -0.3 is 21.3 Å². The second-order valence-electron chi connectivity index (χ2n) is 8.57. The van der Waals surface area contributed by atoms with Crippen molar-refractivity contribution in [1.29, 1.82) is 0 Å². The van der Waals surface area contributed by atoms with Crippen molar-refractivity contribution in [3.05, 3.63) is 83.2 Å². The minimum atomic E-state index is -1.19. The number of rotatable bonds is 8. The van der Waals surface area contributed by atoms with Gasteiger partial charge in [0.05, 0.1) is 11.8 Å². The maximum Gasteiger partial charge on any atom is 0.372 e. The first-order valence-electron chi connectivity index (χ1n) is 11.9. The minimum Gasteiger partial charge on any atom is -0.508 e. The molecule has 2 aliphatic heterocycles. The molecule has 16 heteroatoms. The van der Waals surface area contributed by atoms with Crippen LogP contribution in [0.5, 0.6) is 5.75 Å². The molecule has 0 spiro atoms. The standard InChI is InChI=1S/C18H18N6O5S2.C7H6O3/c19-12(8-1-3-10(25)4-2-8)15(26)21-13-16(27)24-14(18(28)29)9(7-31-17(13)24)6-30-11-5-20-23-22-11;8-7(10-9)6-4-2-1-3-5-6/h1-5,12-13,17,25H,6-7,19H2,(H,21,26)(H,28,29)(H,20,22,23);1-5,9H/t12-,13-,17-;/m1./s1. The minimum absolute atomic E-state index is 0.0466. The van der Waals surface area contributed by atoms with Gasteiger partial charge in [-0.3, -0.25) is 24.5 Å². The Morgan fingerprint density at radius 3 is 2.51 bits per heavy atom. The first-order valence-corrected chi connectivity index (χ1v) is 13.9. The Kier molecular flexibility index (Phi) is 9.61. The van der Waals surface area contributed by atoms with E-state index < -0.39 is 41.2 Å². The molecule has 14 nitrogen and oxygen atoms in total. The number of phenols is 1. The number of β-lactam (4-membered cyclic amide) rings is 1. The number of carboxylic acids is 1. The molecule has 1 fully saturated rings. The zero-order valence-corrected chi connectivity index (χ0v) is 22.7. The molecule has 2 aliphatic rings. The molecule has 0 unspecified atom stereocenters. The number of benzene rings is 2. The van der Waals surface area contributed by atoms with Gasteiger partial charge in [-0.1, -0.05) is 47.3 Å². The molecular weight excluding hydrogens is 576 g/mol. The van der Waals surface area contributed by atoms with Gasteiger partial charge in [0.25, 0.3) is 5.91 Å². The highest BCUT2D eigenvalue weighted by Gasteiger charge is 2.54. The molecule has 1 aromatic heterocycles. The lowest BCUT2D eigenvalue weighted by molar-refractivity contribution is -0.182. The maximum atomic E-state index is 12.7. The van der Waals surface area contributed by atoms with Crippen molar-refractivity contribution in [3.63, 3.8) is 0 Å². The van der Waals surface area contributed by atoms with Gasteiger partial charge in [0.2, 0.25) is 5.91 Å². The number of aromatic amines is 1. The van der Waals surface area contributed by atoms with E-state index in [0.29, 0.717) is 33.2 Å². The topological polar surface area (TPSA) is 221 Å². The summed E-state index contributed by atoms with van der Waals surface area (Å²) in [6.07, 6.45) is 1.60. The summed E-state index contributed by atoms with van der Waals surface area (Å²) in [5, 5.41) is 39.8. The van der Waals surface area contributed by atoms with Crippen molar-refractivity contribution in [2.24, 2.45) is 5.73 Å². The number of H-pyrrole nitrogens is 1. The van der Waals surface area contributed by atoms with Crippen LogP contribution in [-0.2, 0) is 19.3 Å². The highest BCUT2D eigenvalue weighted by Crippen LogP contribution is 2.41. The average molecular weight is 601 g/mol. The number of hydrogen-bond acceptors (Lipinski definition) is 12. The molecule has 1 saturated heterocycles. The third-order valence-corrected chi connectivity index (χ3v) is 8.29. The van der Waals surface area contributed by atoms with Gasteiger partial charge in [-0.2, -0.15) is 5.26 Å². The van der Waals surface area contributed by atoms with Crippen LogP contribution in [0.15, 0.2) is 77.1 Å². The SMILES string of the molecule is N[C@@H](C(=O)N[C@@H]1C(=O)N2C(C(=O)O)=C(CSc3c[nH]nn3)CS[C@H]12)c1ccc(O)cc1.O=C(OO)c1ccccc1. The van der Waals surface area contributed by atoms with E-state index in [0.717, 1.165) is 0 Å². The van der Waals surface area contributed by atoms with Crippen LogP contribution in [0.1, 0.15) is 22.0 Å². The monoisotopic (exact) mass is 600 g/mol. The summed E-state index contributed by atoms with van der Waals surface area (Å²) in [5.74, 6) is -2.19. The van der Waals surface area contributed by atoms with E-state index in [1.54, 1.807) is 36.5 Å². The number of thioether (sulfide) groups is 2. The average Bonchev–Trinajstić information content (AvgIpc) is 3.52. The quantitative estimate of drug-likeness (QED) is 0.0931. The van der Waals surface area contributed by atoms with Crippen LogP contribution in [0, 0.1) is 0 Å². The Balaban J connectivity index is 0.000000328. The second-order valence-corrected chi connectivity index (χ2v) is 10.7. The Morgan fingerprint density at radius 2 is 1.90 bits per heavy atom. The van der Waals surface area contributed by atoms with Gasteiger partial charge in [0.15, 0.2) is 0 Å². The fraction of sp³-hybridized carbons (Fsp3) is 0.200. The predicted octanol–water partition coefficient (Wildman–Crippen LogP) is 1.36. The van der Waals surface area contributed by atoms with Crippen LogP contribution < -0.4 is 11.1 Å². The van der Waals surface area contributed by atoms with E-state index in [2.05, 4.69) is 25.6 Å². The Morgan fingerprint density at radius 1 is 1.20 bits per heavy atom. The summed E-state index contributed by atoms with van der Waals surface area (Å²) in [5.41, 5.74) is 7.33. The van der Waals surface area contributed by atoms with Crippen LogP contribution in [-0.4, -0.2) is 82.5 Å². The Labute approximate surface area is 240 Å². The lowest BCUT2D eigenvalue weighted by Crippen LogP contribution is -2.71. The molecule has 3 atom stereocenters. The number of aliphatic carboxylic acids is 1. The molecule has 2 aromatic carbocycles. The first-order chi connectivity index (χ1) is 19.7. The maximum absolute atomic E-state index is 12.7. The molecule has 0 radical (unpaired) electrons. The van der Waals surface area contributed by atoms with E-state index in [9.17, 15) is 29.4 Å². The lowest BCUT2D eigenvalue weighted by Gasteiger charge is -2.49. The van der Waals surface area contributed by atoms with E-state index >= 15 is 0 Å². The smallest absolute Gasteiger partial charge is 0.372 e. The number of carbonyl (C=O) groups is 4. The molecule has 3 aromatic rings. The summed E-state index contributed by atoms with van der Waals surface area (Å²) in [6.45, 7) is 0. The summed E-state index contributed by atoms with van der Waals surface area (Å²) in [6, 6.07) is 12.2. The van der Waals surface area contributed by atoms with Gasteiger partial charge in [-0.25, -0.2) is 9.59 Å². The third-order valence-electron chi connectivity index (χ3n) is 5.96. The van der Waals surface area contributed by atoms with Gasteiger partial charge >= 0.3 is 11.9 Å². The summed E-state index contributed by atoms with van der Waals surface area (Å²) in [7, 11) is 0. The molecule has 0 bridgehead atoms. The van der Waals surface area contributed by atoms with Crippen LogP contribution in [0.2, 0.25) is 0 Å². The van der Waals surface area contributed by atoms with Crippen LogP contribution in [0.3, 0.4) is 0 Å². The van der Waals surface area contributed by atoms with Crippen molar-refractivity contribution < 1.29 is 39.5 Å². The lowest BCUT2D eigenvalue weighted by atomic mass is 10.0. The first kappa shape index (κ1) is 29.6. The van der Waals surface area contributed by atoms with Crippen molar-refractivity contribution >= 4 is 47.3 Å². The number of amides is 2. The Bertz CT molecular complexity index is 1440. The van der Waals surface area contributed by atoms with Crippen LogP contribution in [0.4, 0.5) is 0 Å². The zero-order chi connectivity index (χ0) is 29.5. The number of aromatic nitrogens is 3. The fourth-order valence-electron chi connectivity index (χ4n) is 3.92. The fourth-order valence-corrected chi connectivity index (χ4v) is 6.19. The van der Waals surface area contributed by atoms with E-state index in [4.69, 9.17) is 11.0 Å². The van der Waals surface area contributed by atoms with Crippen molar-refractivity contribution in [2.45, 2.75) is 22.5 Å². The number of nitrogens with two attached hydrogens (primary N) is 1. The van der Waals surface area contributed by atoms with E-state index in [-0.39, 0.29) is 11.4 Å². The van der Waals surface area contributed by atoms with E-state index in [1.807, 2.05) is 0 Å². The predicted molar refractivity (Wildman–Crippen MR) is 146 cm³/mol. The highest BCUT2D eigenvalue weighted by molar-refractivity contribution is 8.01. The van der Waals surface area contributed by atoms with E-state index in [1.165, 1.54) is 52.7 Å². The molecule has 5 rings (SSSR count). The van der Waals surface area contributed by atoms with Gasteiger partial charge in [-0.15, -0.1) is 16.9 Å². The molecular formula is C25H24N6O8S2. The second kappa shape index (κ2) is 13.3. The summed E-state index contributed by atoms with van der Waals surface area (Å²) >= 11 is 2.70. The Hall–Kier alpha value is -4.38. The number of nitrogens with zero attached hydrogens (tertiary/aromatic N) is 3. The summed E-state index contributed by atoms with van der Waals surface area (Å²) < 4.78 is 0. The molecule has 3 heterocycles. The molecule has 2 amide bonds.